The van der Waals surface area contributed by atoms with Crippen LogP contribution in [0.2, 0.25) is 0 Å². The summed E-state index contributed by atoms with van der Waals surface area (Å²) in [6, 6.07) is 0. The number of rotatable bonds is 15. The maximum Gasteiger partial charge on any atom is 0.132 e. The van der Waals surface area contributed by atoms with Crippen LogP contribution in [0.25, 0.3) is 0 Å². The summed E-state index contributed by atoms with van der Waals surface area (Å²) in [7, 11) is 0. The van der Waals surface area contributed by atoms with Gasteiger partial charge in [-0.25, -0.2) is 15.0 Å². The minimum absolute atomic E-state index is 0.912. The molecule has 0 aromatic carbocycles. The molecule has 0 fully saturated rings. The lowest BCUT2D eigenvalue weighted by atomic mass is 10.1. The molecule has 1 aromatic rings. The Bertz CT molecular complexity index is 383. The summed E-state index contributed by atoms with van der Waals surface area (Å²) in [5.41, 5.74) is 0. The van der Waals surface area contributed by atoms with Crippen molar-refractivity contribution < 1.29 is 0 Å². The van der Waals surface area contributed by atoms with Crippen LogP contribution >= 0.6 is 0 Å². The quantitative estimate of drug-likeness (QED) is 0.357. The van der Waals surface area contributed by atoms with E-state index >= 15 is 0 Å². The molecule has 0 bridgehead atoms. The number of unbranched alkanes of at least 4 members (excludes halogenated alkanes) is 10. The summed E-state index contributed by atoms with van der Waals surface area (Å²) in [6.45, 7) is 6.67. The Labute approximate surface area is 150 Å². The maximum atomic E-state index is 4.73. The zero-order valence-electron chi connectivity index (χ0n) is 16.4. The van der Waals surface area contributed by atoms with Crippen LogP contribution in [0.4, 0.5) is 0 Å². The van der Waals surface area contributed by atoms with Gasteiger partial charge in [0.1, 0.15) is 17.5 Å². The molecule has 3 nitrogen and oxygen atoms in total. The molecule has 0 saturated heterocycles. The Balaban J connectivity index is 2.34. The van der Waals surface area contributed by atoms with Crippen LogP contribution < -0.4 is 0 Å². The first kappa shape index (κ1) is 21.1. The molecule has 0 amide bonds. The lowest BCUT2D eigenvalue weighted by Crippen LogP contribution is -2.07. The molecule has 1 heterocycles. The van der Waals surface area contributed by atoms with E-state index in [1.54, 1.807) is 0 Å². The Hall–Kier alpha value is -0.990. The SMILES string of the molecule is CCCCCCCCc1nc(CC)nc(CCCCCCCC)n1. The molecule has 0 atom stereocenters. The van der Waals surface area contributed by atoms with Gasteiger partial charge in [-0.05, 0) is 12.8 Å². The van der Waals surface area contributed by atoms with Crippen molar-refractivity contribution in [2.24, 2.45) is 0 Å². The van der Waals surface area contributed by atoms with Crippen molar-refractivity contribution in [2.75, 3.05) is 0 Å². The van der Waals surface area contributed by atoms with Crippen LogP contribution in [0.3, 0.4) is 0 Å². The van der Waals surface area contributed by atoms with Gasteiger partial charge in [0.25, 0.3) is 0 Å². The van der Waals surface area contributed by atoms with Gasteiger partial charge in [0.05, 0.1) is 0 Å². The minimum Gasteiger partial charge on any atom is -0.218 e. The molecule has 0 radical (unpaired) electrons. The molecule has 24 heavy (non-hydrogen) atoms. The molecule has 3 heteroatoms. The van der Waals surface area contributed by atoms with E-state index in [1.165, 1.54) is 77.0 Å². The number of nitrogens with zero attached hydrogens (tertiary/aromatic N) is 3. The predicted molar refractivity (Wildman–Crippen MR) is 103 cm³/mol. The summed E-state index contributed by atoms with van der Waals surface area (Å²) in [5.74, 6) is 3.03. The number of hydrogen-bond donors (Lipinski definition) is 0. The Morgan fingerprint density at radius 3 is 1.25 bits per heavy atom. The fraction of sp³-hybridized carbons (Fsp3) is 0.857. The molecule has 0 spiro atoms. The molecule has 0 aliphatic carbocycles. The third-order valence-corrected chi connectivity index (χ3v) is 4.60. The monoisotopic (exact) mass is 333 g/mol. The first-order valence-electron chi connectivity index (χ1n) is 10.5. The summed E-state index contributed by atoms with van der Waals surface area (Å²) >= 11 is 0. The smallest absolute Gasteiger partial charge is 0.132 e. The Kier molecular flexibility index (Phi) is 12.6. The summed E-state index contributed by atoms with van der Waals surface area (Å²) in [4.78, 5) is 14.0. The van der Waals surface area contributed by atoms with Gasteiger partial charge in [0.2, 0.25) is 0 Å². The predicted octanol–water partition coefficient (Wildman–Crippen LogP) is 6.24. The Morgan fingerprint density at radius 2 is 0.833 bits per heavy atom. The van der Waals surface area contributed by atoms with E-state index in [0.717, 1.165) is 36.7 Å². The zero-order valence-corrected chi connectivity index (χ0v) is 16.4. The zero-order chi connectivity index (χ0) is 17.5. The van der Waals surface area contributed by atoms with Gasteiger partial charge in [-0.1, -0.05) is 85.0 Å². The lowest BCUT2D eigenvalue weighted by Gasteiger charge is -2.07. The third-order valence-electron chi connectivity index (χ3n) is 4.60. The highest BCUT2D eigenvalue weighted by atomic mass is 15.0. The second kappa shape index (κ2) is 14.4. The first-order valence-corrected chi connectivity index (χ1v) is 10.5. The molecule has 0 unspecified atom stereocenters. The van der Waals surface area contributed by atoms with Crippen LogP contribution in [-0.2, 0) is 19.3 Å². The van der Waals surface area contributed by atoms with Crippen molar-refractivity contribution in [1.29, 1.82) is 0 Å². The standard InChI is InChI=1S/C21H39N3/c1-4-7-9-11-13-15-17-20-22-19(6-3)23-21(24-20)18-16-14-12-10-8-5-2/h4-18H2,1-3H3. The van der Waals surface area contributed by atoms with E-state index in [1.807, 2.05) is 0 Å². The lowest BCUT2D eigenvalue weighted by molar-refractivity contribution is 0.586. The number of hydrogen-bond acceptors (Lipinski definition) is 3. The number of aryl methyl sites for hydroxylation is 3. The van der Waals surface area contributed by atoms with E-state index in [4.69, 9.17) is 4.98 Å². The van der Waals surface area contributed by atoms with Crippen molar-refractivity contribution in [3.05, 3.63) is 17.5 Å². The van der Waals surface area contributed by atoms with Crippen molar-refractivity contribution >= 4 is 0 Å². The van der Waals surface area contributed by atoms with Gasteiger partial charge in [-0.3, -0.25) is 0 Å². The molecule has 0 N–H and O–H groups in total. The maximum absolute atomic E-state index is 4.73. The highest BCUT2D eigenvalue weighted by molar-refractivity contribution is 4.98. The van der Waals surface area contributed by atoms with E-state index in [-0.39, 0.29) is 0 Å². The van der Waals surface area contributed by atoms with Crippen LogP contribution in [0.15, 0.2) is 0 Å². The van der Waals surface area contributed by atoms with E-state index < -0.39 is 0 Å². The summed E-state index contributed by atoms with van der Waals surface area (Å²) < 4.78 is 0. The number of aromatic nitrogens is 3. The molecular formula is C21H39N3. The topological polar surface area (TPSA) is 38.7 Å². The highest BCUT2D eigenvalue weighted by Gasteiger charge is 2.06. The molecular weight excluding hydrogens is 294 g/mol. The largest absolute Gasteiger partial charge is 0.218 e. The molecule has 0 saturated carbocycles. The average Bonchev–Trinajstić information content (AvgIpc) is 2.61. The molecule has 0 aliphatic rings. The van der Waals surface area contributed by atoms with E-state index in [9.17, 15) is 0 Å². The molecule has 0 aliphatic heterocycles. The van der Waals surface area contributed by atoms with Crippen LogP contribution in [0.5, 0.6) is 0 Å². The normalized spacial score (nSPS) is 11.1. The summed E-state index contributed by atoms with van der Waals surface area (Å²) in [5, 5.41) is 0. The average molecular weight is 334 g/mol. The Morgan fingerprint density at radius 1 is 0.458 bits per heavy atom. The van der Waals surface area contributed by atoms with Gasteiger partial charge in [0, 0.05) is 19.3 Å². The van der Waals surface area contributed by atoms with Crippen molar-refractivity contribution in [1.82, 2.24) is 15.0 Å². The molecule has 1 aromatic heterocycles. The van der Waals surface area contributed by atoms with Crippen LogP contribution in [0, 0.1) is 0 Å². The fourth-order valence-corrected chi connectivity index (χ4v) is 3.03. The van der Waals surface area contributed by atoms with Gasteiger partial charge < -0.3 is 0 Å². The highest BCUT2D eigenvalue weighted by Crippen LogP contribution is 2.11. The van der Waals surface area contributed by atoms with E-state index in [0.29, 0.717) is 0 Å². The van der Waals surface area contributed by atoms with Crippen LogP contribution in [-0.4, -0.2) is 15.0 Å². The fourth-order valence-electron chi connectivity index (χ4n) is 3.03. The van der Waals surface area contributed by atoms with Crippen molar-refractivity contribution in [3.63, 3.8) is 0 Å². The van der Waals surface area contributed by atoms with Crippen molar-refractivity contribution in [2.45, 2.75) is 117 Å². The third kappa shape index (κ3) is 10.00. The van der Waals surface area contributed by atoms with Gasteiger partial charge >= 0.3 is 0 Å². The molecule has 138 valence electrons. The summed E-state index contributed by atoms with van der Waals surface area (Å²) in [6.07, 6.45) is 18.8. The second-order valence-electron chi connectivity index (χ2n) is 6.97. The van der Waals surface area contributed by atoms with Gasteiger partial charge in [-0.2, -0.15) is 0 Å². The second-order valence-corrected chi connectivity index (χ2v) is 6.97. The molecule has 1 rings (SSSR count). The first-order chi connectivity index (χ1) is 11.8. The van der Waals surface area contributed by atoms with E-state index in [2.05, 4.69) is 30.7 Å². The van der Waals surface area contributed by atoms with Crippen LogP contribution in [0.1, 0.15) is 115 Å². The van der Waals surface area contributed by atoms with Gasteiger partial charge in [0.15, 0.2) is 0 Å². The van der Waals surface area contributed by atoms with Gasteiger partial charge in [-0.15, -0.1) is 0 Å². The van der Waals surface area contributed by atoms with Crippen molar-refractivity contribution in [3.8, 4) is 0 Å². The minimum atomic E-state index is 0.912.